The van der Waals surface area contributed by atoms with E-state index in [1.165, 1.54) is 0 Å². The average Bonchev–Trinajstić information content (AvgIpc) is 3.24. The van der Waals surface area contributed by atoms with Gasteiger partial charge in [-0.05, 0) is 30.2 Å². The fraction of sp³-hybridized carbons (Fsp3) is 0.421. The number of carbonyl (C=O) groups is 1. The zero-order valence-electron chi connectivity index (χ0n) is 15.3. The number of nitrogens with one attached hydrogen (secondary N) is 2. The number of hydrogen-bond donors (Lipinski definition) is 2. The number of methoxy groups -OCH3 is 1. The largest absolute Gasteiger partial charge is 0.497 e. The van der Waals surface area contributed by atoms with E-state index in [1.54, 1.807) is 25.6 Å². The topological polar surface area (TPSA) is 82.6 Å². The number of piperazine rings is 1. The molecule has 0 spiro atoms. The van der Waals surface area contributed by atoms with Crippen molar-refractivity contribution >= 4 is 11.9 Å². The first kappa shape index (κ1) is 17.7. The van der Waals surface area contributed by atoms with Crippen molar-refractivity contribution in [1.82, 2.24) is 25.7 Å². The van der Waals surface area contributed by atoms with Crippen LogP contribution in [0.25, 0.3) is 0 Å². The van der Waals surface area contributed by atoms with Crippen LogP contribution in [0.3, 0.4) is 0 Å². The van der Waals surface area contributed by atoms with Crippen LogP contribution in [0.4, 0.5) is 5.95 Å². The molecule has 0 aliphatic carbocycles. The normalized spacial score (nSPS) is 22.7. The summed E-state index contributed by atoms with van der Waals surface area (Å²) < 4.78 is 5.20. The number of amides is 1. The molecule has 1 aromatic carbocycles. The summed E-state index contributed by atoms with van der Waals surface area (Å²) in [7, 11) is 1.66. The highest BCUT2D eigenvalue weighted by molar-refractivity contribution is 5.82. The molecule has 4 rings (SSSR count). The van der Waals surface area contributed by atoms with E-state index in [1.807, 2.05) is 29.2 Å². The summed E-state index contributed by atoms with van der Waals surface area (Å²) in [5, 5.41) is 0. The molecule has 27 heavy (non-hydrogen) atoms. The fourth-order valence-corrected chi connectivity index (χ4v) is 3.57. The second kappa shape index (κ2) is 7.89. The highest BCUT2D eigenvalue weighted by Crippen LogP contribution is 2.25. The average molecular weight is 368 g/mol. The zero-order valence-corrected chi connectivity index (χ0v) is 15.3. The van der Waals surface area contributed by atoms with E-state index in [9.17, 15) is 4.79 Å². The molecule has 2 unspecified atom stereocenters. The number of ether oxygens (including phenoxy) is 1. The van der Waals surface area contributed by atoms with Gasteiger partial charge in [0.05, 0.1) is 7.11 Å². The molecule has 2 fully saturated rings. The van der Waals surface area contributed by atoms with Crippen LogP contribution in [0.15, 0.2) is 42.7 Å². The molecule has 0 bridgehead atoms. The van der Waals surface area contributed by atoms with Crippen molar-refractivity contribution in [2.24, 2.45) is 0 Å². The molecular formula is C19H24N6O2. The van der Waals surface area contributed by atoms with Gasteiger partial charge in [-0.1, -0.05) is 12.1 Å². The summed E-state index contributed by atoms with van der Waals surface area (Å²) in [6, 6.07) is 9.66. The number of hydrogen-bond acceptors (Lipinski definition) is 7. The highest BCUT2D eigenvalue weighted by atomic mass is 16.5. The Hall–Kier alpha value is -2.71. The fourth-order valence-electron chi connectivity index (χ4n) is 3.57. The third kappa shape index (κ3) is 3.86. The molecule has 3 heterocycles. The first-order valence-electron chi connectivity index (χ1n) is 9.20. The number of carbonyl (C=O) groups excluding carboxylic acids is 1. The lowest BCUT2D eigenvalue weighted by molar-refractivity contribution is -0.133. The third-order valence-corrected chi connectivity index (χ3v) is 5.15. The predicted molar refractivity (Wildman–Crippen MR) is 101 cm³/mol. The van der Waals surface area contributed by atoms with Gasteiger partial charge in [0.1, 0.15) is 11.8 Å². The van der Waals surface area contributed by atoms with E-state index in [4.69, 9.17) is 4.74 Å². The maximum absolute atomic E-state index is 12.9. The van der Waals surface area contributed by atoms with Crippen LogP contribution in [0.5, 0.6) is 5.75 Å². The maximum Gasteiger partial charge on any atom is 0.241 e. The molecule has 2 aliphatic rings. The van der Waals surface area contributed by atoms with Gasteiger partial charge < -0.3 is 14.5 Å². The summed E-state index contributed by atoms with van der Waals surface area (Å²) in [4.78, 5) is 25.5. The molecule has 142 valence electrons. The molecule has 8 heteroatoms. The molecule has 2 aromatic rings. The Labute approximate surface area is 158 Å². The van der Waals surface area contributed by atoms with E-state index in [2.05, 4.69) is 25.7 Å². The van der Waals surface area contributed by atoms with Crippen molar-refractivity contribution in [3.8, 4) is 5.75 Å². The van der Waals surface area contributed by atoms with Crippen LogP contribution < -0.4 is 20.5 Å². The van der Waals surface area contributed by atoms with Crippen molar-refractivity contribution in [2.45, 2.75) is 18.5 Å². The van der Waals surface area contributed by atoms with Crippen LogP contribution in [0.2, 0.25) is 0 Å². The minimum atomic E-state index is -0.211. The number of hydrazine groups is 1. The van der Waals surface area contributed by atoms with Crippen molar-refractivity contribution < 1.29 is 9.53 Å². The molecule has 0 radical (unpaired) electrons. The lowest BCUT2D eigenvalue weighted by atomic mass is 10.0. The number of anilines is 1. The van der Waals surface area contributed by atoms with Gasteiger partial charge in [0, 0.05) is 44.6 Å². The van der Waals surface area contributed by atoms with Gasteiger partial charge >= 0.3 is 0 Å². The zero-order chi connectivity index (χ0) is 18.6. The van der Waals surface area contributed by atoms with Crippen molar-refractivity contribution in [2.75, 3.05) is 38.2 Å². The Bertz CT molecular complexity index is 762. The Morgan fingerprint density at radius 3 is 2.44 bits per heavy atom. The Balaban J connectivity index is 1.31. The van der Waals surface area contributed by atoms with Crippen LogP contribution in [-0.4, -0.2) is 60.1 Å². The molecular weight excluding hydrogens is 344 g/mol. The number of rotatable bonds is 4. The Morgan fingerprint density at radius 2 is 1.78 bits per heavy atom. The van der Waals surface area contributed by atoms with E-state index < -0.39 is 0 Å². The second-order valence-corrected chi connectivity index (χ2v) is 6.76. The third-order valence-electron chi connectivity index (χ3n) is 5.15. The number of benzene rings is 1. The van der Waals surface area contributed by atoms with E-state index >= 15 is 0 Å². The summed E-state index contributed by atoms with van der Waals surface area (Å²) in [6.45, 7) is 2.86. The van der Waals surface area contributed by atoms with Gasteiger partial charge in [0.2, 0.25) is 11.9 Å². The van der Waals surface area contributed by atoms with Gasteiger partial charge in [-0.25, -0.2) is 20.8 Å². The maximum atomic E-state index is 12.9. The lowest BCUT2D eigenvalue weighted by Gasteiger charge is -2.35. The van der Waals surface area contributed by atoms with Crippen LogP contribution >= 0.6 is 0 Å². The first-order chi connectivity index (χ1) is 13.2. The van der Waals surface area contributed by atoms with Crippen LogP contribution in [0, 0.1) is 0 Å². The minimum absolute atomic E-state index is 0.115. The standard InChI is InChI=1S/C19H24N6O2/c1-27-15-5-3-14(4-6-15)16-13-17(23-22-16)18(26)24-9-11-25(12-10-24)19-20-7-2-8-21-19/h2-8,16-17,22-23H,9-13H2,1H3. The SMILES string of the molecule is COc1ccc(C2CC(C(=O)N3CCN(c4ncccn4)CC3)NN2)cc1. The van der Waals surface area contributed by atoms with Gasteiger partial charge in [-0.15, -0.1) is 0 Å². The van der Waals surface area contributed by atoms with Gasteiger partial charge in [-0.2, -0.15) is 0 Å². The van der Waals surface area contributed by atoms with E-state index in [0.717, 1.165) is 36.8 Å². The predicted octanol–water partition coefficient (Wildman–Crippen LogP) is 0.742. The summed E-state index contributed by atoms with van der Waals surface area (Å²) in [5.74, 6) is 1.70. The summed E-state index contributed by atoms with van der Waals surface area (Å²) in [5.41, 5.74) is 7.55. The highest BCUT2D eigenvalue weighted by Gasteiger charge is 2.34. The monoisotopic (exact) mass is 368 g/mol. The second-order valence-electron chi connectivity index (χ2n) is 6.76. The van der Waals surface area contributed by atoms with E-state index in [-0.39, 0.29) is 18.0 Å². The van der Waals surface area contributed by atoms with Crippen LogP contribution in [0.1, 0.15) is 18.0 Å². The minimum Gasteiger partial charge on any atom is -0.497 e. The number of nitrogens with zero attached hydrogens (tertiary/aromatic N) is 4. The quantitative estimate of drug-likeness (QED) is 0.824. The van der Waals surface area contributed by atoms with Gasteiger partial charge in [0.15, 0.2) is 0 Å². The Morgan fingerprint density at radius 1 is 1.07 bits per heavy atom. The van der Waals surface area contributed by atoms with Gasteiger partial charge in [0.25, 0.3) is 0 Å². The molecule has 2 N–H and O–H groups in total. The molecule has 8 nitrogen and oxygen atoms in total. The smallest absolute Gasteiger partial charge is 0.241 e. The van der Waals surface area contributed by atoms with E-state index in [0.29, 0.717) is 13.1 Å². The first-order valence-corrected chi connectivity index (χ1v) is 9.20. The van der Waals surface area contributed by atoms with Gasteiger partial charge in [-0.3, -0.25) is 4.79 Å². The lowest BCUT2D eigenvalue weighted by Crippen LogP contribution is -2.54. The Kier molecular flexibility index (Phi) is 5.17. The number of aromatic nitrogens is 2. The van der Waals surface area contributed by atoms with Crippen molar-refractivity contribution in [3.05, 3.63) is 48.3 Å². The molecule has 2 atom stereocenters. The molecule has 2 saturated heterocycles. The van der Waals surface area contributed by atoms with Crippen molar-refractivity contribution in [1.29, 1.82) is 0 Å². The molecule has 0 saturated carbocycles. The summed E-state index contributed by atoms with van der Waals surface area (Å²) >= 11 is 0. The molecule has 1 amide bonds. The molecule has 1 aromatic heterocycles. The summed E-state index contributed by atoms with van der Waals surface area (Å²) in [6.07, 6.45) is 4.22. The van der Waals surface area contributed by atoms with Crippen molar-refractivity contribution in [3.63, 3.8) is 0 Å². The molecule has 2 aliphatic heterocycles. The van der Waals surface area contributed by atoms with Crippen LogP contribution in [-0.2, 0) is 4.79 Å².